The van der Waals surface area contributed by atoms with Gasteiger partial charge in [0.1, 0.15) is 11.6 Å². The average molecular weight is 227 g/mol. The lowest BCUT2D eigenvalue weighted by Gasteiger charge is -2.16. The summed E-state index contributed by atoms with van der Waals surface area (Å²) in [5.74, 6) is -1.13. The molecule has 0 aromatic heterocycles. The summed E-state index contributed by atoms with van der Waals surface area (Å²) in [4.78, 5) is 0. The molecule has 16 heavy (non-hydrogen) atoms. The van der Waals surface area contributed by atoms with E-state index in [0.717, 1.165) is 19.3 Å². The Morgan fingerprint density at radius 3 is 2.50 bits per heavy atom. The number of hydrogen-bond acceptors (Lipinski definition) is 2. The molecule has 2 nitrogen and oxygen atoms in total. The maximum atomic E-state index is 13.3. The first-order valence-corrected chi connectivity index (χ1v) is 5.48. The number of halogens is 2. The summed E-state index contributed by atoms with van der Waals surface area (Å²) in [5, 5.41) is 0. The van der Waals surface area contributed by atoms with Crippen LogP contribution in [0.1, 0.15) is 24.8 Å². The minimum absolute atomic E-state index is 0.00478. The zero-order valence-corrected chi connectivity index (χ0v) is 8.96. The van der Waals surface area contributed by atoms with Gasteiger partial charge in [0, 0.05) is 11.6 Å². The number of hydrogen-bond donors (Lipinski definition) is 1. The minimum atomic E-state index is -0.563. The van der Waals surface area contributed by atoms with Crippen molar-refractivity contribution >= 4 is 0 Å². The lowest BCUT2D eigenvalue weighted by atomic mass is 10.2. The Morgan fingerprint density at radius 2 is 1.94 bits per heavy atom. The number of benzene rings is 1. The van der Waals surface area contributed by atoms with E-state index in [2.05, 4.69) is 0 Å². The van der Waals surface area contributed by atoms with Crippen molar-refractivity contribution in [3.63, 3.8) is 0 Å². The van der Waals surface area contributed by atoms with Crippen LogP contribution in [0.25, 0.3) is 0 Å². The molecule has 0 spiro atoms. The molecule has 0 aliphatic heterocycles. The summed E-state index contributed by atoms with van der Waals surface area (Å²) < 4.78 is 32.0. The molecule has 1 saturated carbocycles. The van der Waals surface area contributed by atoms with Crippen LogP contribution in [0.3, 0.4) is 0 Å². The third-order valence-corrected chi connectivity index (χ3v) is 3.01. The third kappa shape index (κ3) is 2.39. The highest BCUT2D eigenvalue weighted by Crippen LogP contribution is 2.22. The second-order valence-corrected chi connectivity index (χ2v) is 4.14. The summed E-state index contributed by atoms with van der Waals surface area (Å²) in [5.41, 5.74) is 5.79. The molecule has 0 saturated heterocycles. The van der Waals surface area contributed by atoms with Crippen LogP contribution in [0.5, 0.6) is 0 Å². The first-order chi connectivity index (χ1) is 7.68. The summed E-state index contributed by atoms with van der Waals surface area (Å²) in [7, 11) is 0. The molecule has 1 aliphatic rings. The van der Waals surface area contributed by atoms with Gasteiger partial charge in [0.2, 0.25) is 0 Å². The fourth-order valence-corrected chi connectivity index (χ4v) is 2.02. The van der Waals surface area contributed by atoms with E-state index in [4.69, 9.17) is 10.5 Å². The smallest absolute Gasteiger partial charge is 0.131 e. The van der Waals surface area contributed by atoms with Gasteiger partial charge < -0.3 is 10.5 Å². The SMILES string of the molecule is NC1CCCC1OCc1c(F)cccc1F. The van der Waals surface area contributed by atoms with Gasteiger partial charge in [-0.05, 0) is 31.4 Å². The van der Waals surface area contributed by atoms with Gasteiger partial charge in [-0.3, -0.25) is 0 Å². The normalized spacial score (nSPS) is 24.9. The van der Waals surface area contributed by atoms with Gasteiger partial charge in [0.15, 0.2) is 0 Å². The Labute approximate surface area is 93.4 Å². The van der Waals surface area contributed by atoms with E-state index in [1.165, 1.54) is 18.2 Å². The van der Waals surface area contributed by atoms with Gasteiger partial charge in [-0.15, -0.1) is 0 Å². The molecule has 1 aromatic rings. The summed E-state index contributed by atoms with van der Waals surface area (Å²) in [6.45, 7) is -0.0448. The predicted octanol–water partition coefficient (Wildman–Crippen LogP) is 2.36. The Bertz CT molecular complexity index is 350. The van der Waals surface area contributed by atoms with Crippen molar-refractivity contribution in [2.24, 2.45) is 5.73 Å². The average Bonchev–Trinajstić information content (AvgIpc) is 2.64. The Balaban J connectivity index is 1.99. The van der Waals surface area contributed by atoms with E-state index in [1.807, 2.05) is 0 Å². The van der Waals surface area contributed by atoms with E-state index in [0.29, 0.717) is 0 Å². The molecule has 88 valence electrons. The fourth-order valence-electron chi connectivity index (χ4n) is 2.02. The zero-order chi connectivity index (χ0) is 11.5. The lowest BCUT2D eigenvalue weighted by Crippen LogP contribution is -2.31. The molecule has 4 heteroatoms. The van der Waals surface area contributed by atoms with E-state index >= 15 is 0 Å². The van der Waals surface area contributed by atoms with Crippen LogP contribution in [0.2, 0.25) is 0 Å². The van der Waals surface area contributed by atoms with Crippen molar-refractivity contribution in [3.05, 3.63) is 35.4 Å². The Morgan fingerprint density at radius 1 is 1.25 bits per heavy atom. The molecule has 2 N–H and O–H groups in total. The van der Waals surface area contributed by atoms with Gasteiger partial charge >= 0.3 is 0 Å². The molecule has 1 aliphatic carbocycles. The molecule has 2 unspecified atom stereocenters. The van der Waals surface area contributed by atoms with Crippen LogP contribution < -0.4 is 5.73 Å². The second-order valence-electron chi connectivity index (χ2n) is 4.14. The molecule has 2 rings (SSSR count). The predicted molar refractivity (Wildman–Crippen MR) is 56.8 cm³/mol. The van der Waals surface area contributed by atoms with Crippen LogP contribution in [-0.4, -0.2) is 12.1 Å². The Kier molecular flexibility index (Phi) is 3.51. The van der Waals surface area contributed by atoms with Crippen molar-refractivity contribution < 1.29 is 13.5 Å². The molecule has 1 fully saturated rings. The highest BCUT2D eigenvalue weighted by molar-refractivity contribution is 5.18. The largest absolute Gasteiger partial charge is 0.372 e. The molecule has 1 aromatic carbocycles. The van der Waals surface area contributed by atoms with Crippen molar-refractivity contribution in [2.75, 3.05) is 0 Å². The van der Waals surface area contributed by atoms with Gasteiger partial charge in [0.25, 0.3) is 0 Å². The fraction of sp³-hybridized carbons (Fsp3) is 0.500. The van der Waals surface area contributed by atoms with E-state index < -0.39 is 11.6 Å². The highest BCUT2D eigenvalue weighted by atomic mass is 19.1. The lowest BCUT2D eigenvalue weighted by molar-refractivity contribution is 0.0326. The number of ether oxygens (including phenoxy) is 1. The standard InChI is InChI=1S/C12H15F2NO/c13-9-3-1-4-10(14)8(9)7-16-12-6-2-5-11(12)15/h1,3-4,11-12H,2,5-7,15H2. The van der Waals surface area contributed by atoms with Gasteiger partial charge in [-0.1, -0.05) is 6.07 Å². The monoisotopic (exact) mass is 227 g/mol. The highest BCUT2D eigenvalue weighted by Gasteiger charge is 2.25. The topological polar surface area (TPSA) is 35.2 Å². The van der Waals surface area contributed by atoms with Crippen LogP contribution in [0.15, 0.2) is 18.2 Å². The third-order valence-electron chi connectivity index (χ3n) is 3.01. The first-order valence-electron chi connectivity index (χ1n) is 5.48. The molecule has 0 heterocycles. The van der Waals surface area contributed by atoms with Gasteiger partial charge in [-0.2, -0.15) is 0 Å². The molecule has 0 amide bonds. The van der Waals surface area contributed by atoms with Crippen LogP contribution in [0, 0.1) is 11.6 Å². The van der Waals surface area contributed by atoms with E-state index in [1.54, 1.807) is 0 Å². The van der Waals surface area contributed by atoms with E-state index in [9.17, 15) is 8.78 Å². The maximum Gasteiger partial charge on any atom is 0.131 e. The summed E-state index contributed by atoms with van der Waals surface area (Å²) in [6, 6.07) is 3.80. The molecular formula is C12H15F2NO. The molecule has 0 radical (unpaired) electrons. The maximum absolute atomic E-state index is 13.3. The number of rotatable bonds is 3. The first kappa shape index (κ1) is 11.5. The van der Waals surface area contributed by atoms with E-state index in [-0.39, 0.29) is 24.3 Å². The summed E-state index contributed by atoms with van der Waals surface area (Å²) in [6.07, 6.45) is 2.74. The van der Waals surface area contributed by atoms with Crippen LogP contribution >= 0.6 is 0 Å². The zero-order valence-electron chi connectivity index (χ0n) is 8.96. The van der Waals surface area contributed by atoms with Crippen molar-refractivity contribution in [1.29, 1.82) is 0 Å². The Hall–Kier alpha value is -1.00. The second kappa shape index (κ2) is 4.89. The van der Waals surface area contributed by atoms with Crippen LogP contribution in [0.4, 0.5) is 8.78 Å². The quantitative estimate of drug-likeness (QED) is 0.860. The summed E-state index contributed by atoms with van der Waals surface area (Å²) >= 11 is 0. The van der Waals surface area contributed by atoms with Crippen molar-refractivity contribution in [3.8, 4) is 0 Å². The molecular weight excluding hydrogens is 212 g/mol. The van der Waals surface area contributed by atoms with Crippen LogP contribution in [-0.2, 0) is 11.3 Å². The van der Waals surface area contributed by atoms with Gasteiger partial charge in [0.05, 0.1) is 12.7 Å². The minimum Gasteiger partial charge on any atom is -0.372 e. The number of nitrogens with two attached hydrogens (primary N) is 1. The van der Waals surface area contributed by atoms with Crippen molar-refractivity contribution in [1.82, 2.24) is 0 Å². The van der Waals surface area contributed by atoms with Gasteiger partial charge in [-0.25, -0.2) is 8.78 Å². The molecule has 2 atom stereocenters. The van der Waals surface area contributed by atoms with Crippen molar-refractivity contribution in [2.45, 2.75) is 38.0 Å². The molecule has 0 bridgehead atoms.